The molecule has 1 fully saturated rings. The highest BCUT2D eigenvalue weighted by atomic mass is 32.2. The number of hydrogen-bond donors (Lipinski definition) is 0. The van der Waals surface area contributed by atoms with E-state index in [9.17, 15) is 21.6 Å². The molecule has 0 bridgehead atoms. The van der Waals surface area contributed by atoms with Gasteiger partial charge in [-0.1, -0.05) is 29.5 Å². The summed E-state index contributed by atoms with van der Waals surface area (Å²) in [6.07, 6.45) is 2.48. The van der Waals surface area contributed by atoms with Crippen molar-refractivity contribution < 1.29 is 26.4 Å². The topological polar surface area (TPSA) is 111 Å². The third-order valence-corrected chi connectivity index (χ3v) is 9.29. The molecule has 0 saturated carbocycles. The fourth-order valence-electron chi connectivity index (χ4n) is 3.62. The number of sulfone groups is 2. The molecule has 2 heterocycles. The van der Waals surface area contributed by atoms with E-state index in [1.54, 1.807) is 30.3 Å². The van der Waals surface area contributed by atoms with Gasteiger partial charge in [0.25, 0.3) is 0 Å². The number of fused-ring (bicyclic) bond motifs is 1. The maximum atomic E-state index is 13.2. The van der Waals surface area contributed by atoms with E-state index in [-0.39, 0.29) is 40.5 Å². The van der Waals surface area contributed by atoms with Crippen LogP contribution in [-0.4, -0.2) is 59.0 Å². The predicted molar refractivity (Wildman–Crippen MR) is 127 cm³/mol. The molecule has 3 aromatic rings. The molecule has 8 nitrogen and oxygen atoms in total. The van der Waals surface area contributed by atoms with Crippen LogP contribution in [0.5, 0.6) is 0 Å². The highest BCUT2D eigenvalue weighted by Gasteiger charge is 2.27. The standard InChI is InChI=1S/C22H24N2O6S3/c1-32(26,27)18-9-10-19-20(14-18)31-22(23-19)24(15-16-6-5-12-30-16)21(25)11-13-33(28,29)17-7-3-2-4-8-17/h2-4,7-10,14,16H,5-6,11-13,15H2,1H3. The Labute approximate surface area is 197 Å². The first-order valence-electron chi connectivity index (χ1n) is 10.4. The van der Waals surface area contributed by atoms with Crippen LogP contribution >= 0.6 is 11.3 Å². The Morgan fingerprint density at radius 3 is 2.55 bits per heavy atom. The van der Waals surface area contributed by atoms with Gasteiger partial charge in [0.2, 0.25) is 5.91 Å². The van der Waals surface area contributed by atoms with E-state index in [4.69, 9.17) is 4.74 Å². The second-order valence-corrected chi connectivity index (χ2v) is 13.1. The lowest BCUT2D eigenvalue weighted by atomic mass is 10.2. The second kappa shape index (κ2) is 9.49. The fourth-order valence-corrected chi connectivity index (χ4v) is 6.62. The zero-order valence-corrected chi connectivity index (χ0v) is 20.5. The molecule has 1 amide bonds. The monoisotopic (exact) mass is 508 g/mol. The number of rotatable bonds is 8. The highest BCUT2D eigenvalue weighted by molar-refractivity contribution is 7.91. The lowest BCUT2D eigenvalue weighted by molar-refractivity contribution is -0.118. The van der Waals surface area contributed by atoms with Gasteiger partial charge in [-0.05, 0) is 43.2 Å². The second-order valence-electron chi connectivity index (χ2n) is 7.92. The van der Waals surface area contributed by atoms with Gasteiger partial charge in [0.15, 0.2) is 24.8 Å². The average Bonchev–Trinajstić information content (AvgIpc) is 3.45. The van der Waals surface area contributed by atoms with Crippen molar-refractivity contribution in [3.05, 3.63) is 48.5 Å². The van der Waals surface area contributed by atoms with E-state index in [0.717, 1.165) is 19.1 Å². The summed E-state index contributed by atoms with van der Waals surface area (Å²) < 4.78 is 55.4. The van der Waals surface area contributed by atoms with Gasteiger partial charge in [-0.15, -0.1) is 0 Å². The molecular formula is C22H24N2O6S3. The van der Waals surface area contributed by atoms with E-state index < -0.39 is 19.7 Å². The Bertz CT molecular complexity index is 1360. The third kappa shape index (κ3) is 5.60. The van der Waals surface area contributed by atoms with Crippen molar-refractivity contribution in [2.75, 3.05) is 30.1 Å². The number of carbonyl (C=O) groups is 1. The maximum Gasteiger partial charge on any atom is 0.229 e. The van der Waals surface area contributed by atoms with Crippen LogP contribution < -0.4 is 4.90 Å². The normalized spacial score (nSPS) is 16.8. The summed E-state index contributed by atoms with van der Waals surface area (Å²) in [7, 11) is -6.99. The Balaban J connectivity index is 1.60. The molecule has 0 aliphatic carbocycles. The summed E-state index contributed by atoms with van der Waals surface area (Å²) in [4.78, 5) is 19.5. The van der Waals surface area contributed by atoms with Gasteiger partial charge >= 0.3 is 0 Å². The van der Waals surface area contributed by atoms with Crippen LogP contribution in [0, 0.1) is 0 Å². The molecule has 2 aromatic carbocycles. The lowest BCUT2D eigenvalue weighted by Crippen LogP contribution is -2.38. The Hall–Kier alpha value is -2.34. The smallest absolute Gasteiger partial charge is 0.229 e. The molecule has 1 atom stereocenters. The number of aromatic nitrogens is 1. The Morgan fingerprint density at radius 1 is 1.12 bits per heavy atom. The number of anilines is 1. The van der Waals surface area contributed by atoms with Crippen LogP contribution in [0.1, 0.15) is 19.3 Å². The Kier molecular flexibility index (Phi) is 6.85. The summed E-state index contributed by atoms with van der Waals surface area (Å²) >= 11 is 1.20. The number of ether oxygens (including phenoxy) is 1. The quantitative estimate of drug-likeness (QED) is 0.460. The predicted octanol–water partition coefficient (Wildman–Crippen LogP) is 3.08. The number of hydrogen-bond acceptors (Lipinski definition) is 8. The molecule has 176 valence electrons. The van der Waals surface area contributed by atoms with Gasteiger partial charge < -0.3 is 4.74 Å². The lowest BCUT2D eigenvalue weighted by Gasteiger charge is -2.23. The largest absolute Gasteiger partial charge is 0.376 e. The molecule has 0 N–H and O–H groups in total. The molecule has 1 aliphatic rings. The molecule has 33 heavy (non-hydrogen) atoms. The third-order valence-electron chi connectivity index (χ3n) is 5.41. The minimum absolute atomic E-state index is 0.154. The highest BCUT2D eigenvalue weighted by Crippen LogP contribution is 2.32. The number of carbonyl (C=O) groups excluding carboxylic acids is 1. The minimum atomic E-state index is -3.61. The van der Waals surface area contributed by atoms with E-state index in [2.05, 4.69) is 4.98 Å². The van der Waals surface area contributed by atoms with Crippen LogP contribution in [-0.2, 0) is 29.2 Å². The van der Waals surface area contributed by atoms with Crippen molar-refractivity contribution in [1.29, 1.82) is 0 Å². The first-order valence-corrected chi connectivity index (χ1v) is 14.8. The molecule has 0 spiro atoms. The van der Waals surface area contributed by atoms with Gasteiger partial charge in [0.05, 0.1) is 38.4 Å². The zero-order valence-electron chi connectivity index (χ0n) is 18.0. The molecule has 1 saturated heterocycles. The van der Waals surface area contributed by atoms with Crippen molar-refractivity contribution in [3.63, 3.8) is 0 Å². The molecule has 4 rings (SSSR count). The zero-order chi connectivity index (χ0) is 23.6. The van der Waals surface area contributed by atoms with E-state index in [1.807, 2.05) is 0 Å². The van der Waals surface area contributed by atoms with Crippen LogP contribution in [0.2, 0.25) is 0 Å². The van der Waals surface area contributed by atoms with Gasteiger partial charge in [-0.3, -0.25) is 9.69 Å². The number of nitrogens with zero attached hydrogens (tertiary/aromatic N) is 2. The van der Waals surface area contributed by atoms with Crippen molar-refractivity contribution in [1.82, 2.24) is 4.98 Å². The molecule has 1 unspecified atom stereocenters. The maximum absolute atomic E-state index is 13.2. The van der Waals surface area contributed by atoms with Gasteiger partial charge in [0, 0.05) is 19.3 Å². The van der Waals surface area contributed by atoms with Crippen LogP contribution in [0.4, 0.5) is 5.13 Å². The fraction of sp³-hybridized carbons (Fsp3) is 0.364. The summed E-state index contributed by atoms with van der Waals surface area (Å²) in [6.45, 7) is 0.885. The molecule has 0 radical (unpaired) electrons. The van der Waals surface area contributed by atoms with Gasteiger partial charge in [0.1, 0.15) is 0 Å². The van der Waals surface area contributed by atoms with Crippen molar-refractivity contribution >= 4 is 52.3 Å². The van der Waals surface area contributed by atoms with E-state index in [0.29, 0.717) is 22.0 Å². The average molecular weight is 509 g/mol. The summed E-state index contributed by atoms with van der Waals surface area (Å²) in [6, 6.07) is 12.7. The number of benzene rings is 2. The van der Waals surface area contributed by atoms with Crippen molar-refractivity contribution in [2.24, 2.45) is 0 Å². The van der Waals surface area contributed by atoms with Gasteiger partial charge in [-0.25, -0.2) is 21.8 Å². The first-order chi connectivity index (χ1) is 15.6. The van der Waals surface area contributed by atoms with Gasteiger partial charge in [-0.2, -0.15) is 0 Å². The van der Waals surface area contributed by atoms with Crippen LogP contribution in [0.25, 0.3) is 10.2 Å². The molecule has 11 heteroatoms. The SMILES string of the molecule is CS(=O)(=O)c1ccc2nc(N(CC3CCCO3)C(=O)CCS(=O)(=O)c3ccccc3)sc2c1. The summed E-state index contributed by atoms with van der Waals surface area (Å²) in [5.74, 6) is -0.687. The van der Waals surface area contributed by atoms with Crippen LogP contribution in [0.15, 0.2) is 58.3 Å². The first kappa shape index (κ1) is 23.8. The van der Waals surface area contributed by atoms with Crippen molar-refractivity contribution in [3.8, 4) is 0 Å². The molecule has 1 aliphatic heterocycles. The van der Waals surface area contributed by atoms with E-state index >= 15 is 0 Å². The molecular weight excluding hydrogens is 484 g/mol. The number of amides is 1. The number of thiazole rings is 1. The molecule has 1 aromatic heterocycles. The summed E-state index contributed by atoms with van der Waals surface area (Å²) in [5.41, 5.74) is 0.574. The van der Waals surface area contributed by atoms with E-state index in [1.165, 1.54) is 34.4 Å². The van der Waals surface area contributed by atoms with Crippen LogP contribution in [0.3, 0.4) is 0 Å². The Morgan fingerprint density at radius 2 is 1.88 bits per heavy atom. The summed E-state index contributed by atoms with van der Waals surface area (Å²) in [5, 5.41) is 0.397. The van der Waals surface area contributed by atoms with Crippen molar-refractivity contribution in [2.45, 2.75) is 35.2 Å². The minimum Gasteiger partial charge on any atom is -0.376 e.